The molecule has 0 aromatic carbocycles. The van der Waals surface area contributed by atoms with Gasteiger partial charge in [-0.15, -0.1) is 5.10 Å². The molecule has 1 amide bonds. The van der Waals surface area contributed by atoms with Crippen LogP contribution in [0.15, 0.2) is 6.20 Å². The second kappa shape index (κ2) is 6.49. The first kappa shape index (κ1) is 13.0. The second-order valence-corrected chi connectivity index (χ2v) is 4.45. The van der Waals surface area contributed by atoms with Crippen LogP contribution in [-0.4, -0.2) is 39.0 Å². The molecule has 0 saturated heterocycles. The first-order chi connectivity index (χ1) is 7.65. The van der Waals surface area contributed by atoms with E-state index >= 15 is 0 Å². The van der Waals surface area contributed by atoms with Gasteiger partial charge in [-0.25, -0.2) is 4.68 Å². The molecule has 1 aromatic heterocycles. The molecular weight excluding hydrogens is 226 g/mol. The number of rotatable bonds is 6. The number of amides is 1. The third kappa shape index (κ3) is 4.19. The van der Waals surface area contributed by atoms with E-state index in [9.17, 15) is 4.79 Å². The minimum atomic E-state index is -0.0602. The average Bonchev–Trinajstić information content (AvgIpc) is 2.65. The summed E-state index contributed by atoms with van der Waals surface area (Å²) in [4.78, 5) is 11.6. The number of thioether (sulfide) groups is 1. The van der Waals surface area contributed by atoms with Gasteiger partial charge in [0.25, 0.3) is 0 Å². The van der Waals surface area contributed by atoms with Crippen molar-refractivity contribution in [3.05, 3.63) is 11.9 Å². The maximum atomic E-state index is 11.6. The van der Waals surface area contributed by atoms with Gasteiger partial charge in [-0.1, -0.05) is 5.21 Å². The summed E-state index contributed by atoms with van der Waals surface area (Å²) < 4.78 is 1.49. The zero-order valence-corrected chi connectivity index (χ0v) is 10.3. The smallest absolute Gasteiger partial charge is 0.242 e. The molecule has 16 heavy (non-hydrogen) atoms. The van der Waals surface area contributed by atoms with Crippen molar-refractivity contribution in [2.24, 2.45) is 5.73 Å². The first-order valence-corrected chi connectivity index (χ1v) is 6.42. The van der Waals surface area contributed by atoms with Crippen LogP contribution in [0.3, 0.4) is 0 Å². The summed E-state index contributed by atoms with van der Waals surface area (Å²) in [5.41, 5.74) is 6.08. The van der Waals surface area contributed by atoms with E-state index in [1.54, 1.807) is 18.0 Å². The van der Waals surface area contributed by atoms with Gasteiger partial charge < -0.3 is 11.1 Å². The van der Waals surface area contributed by atoms with Crippen LogP contribution in [0.5, 0.6) is 0 Å². The Morgan fingerprint density at radius 3 is 3.06 bits per heavy atom. The van der Waals surface area contributed by atoms with E-state index in [-0.39, 0.29) is 18.5 Å². The number of nitrogens with two attached hydrogens (primary N) is 1. The van der Waals surface area contributed by atoms with Gasteiger partial charge in [0.2, 0.25) is 5.91 Å². The maximum absolute atomic E-state index is 11.6. The zero-order valence-electron chi connectivity index (χ0n) is 9.51. The second-order valence-electron chi connectivity index (χ2n) is 3.54. The van der Waals surface area contributed by atoms with Crippen molar-refractivity contribution in [2.45, 2.75) is 26.1 Å². The van der Waals surface area contributed by atoms with E-state index in [0.717, 1.165) is 5.75 Å². The fourth-order valence-electron chi connectivity index (χ4n) is 1.27. The summed E-state index contributed by atoms with van der Waals surface area (Å²) in [6.07, 6.45) is 3.69. The first-order valence-electron chi connectivity index (χ1n) is 5.03. The van der Waals surface area contributed by atoms with Crippen LogP contribution < -0.4 is 11.1 Å². The summed E-state index contributed by atoms with van der Waals surface area (Å²) in [6, 6.07) is 0.167. The average molecular weight is 243 g/mol. The standard InChI is InChI=1S/C9H17N5OS/c1-7(6-16-2)11-9(15)5-14-4-8(3-10)12-13-14/h4,7H,3,5-6,10H2,1-2H3,(H,11,15). The molecule has 0 radical (unpaired) electrons. The Morgan fingerprint density at radius 1 is 1.75 bits per heavy atom. The minimum Gasteiger partial charge on any atom is -0.351 e. The maximum Gasteiger partial charge on any atom is 0.242 e. The molecule has 0 aliphatic rings. The van der Waals surface area contributed by atoms with Gasteiger partial charge >= 0.3 is 0 Å². The van der Waals surface area contributed by atoms with Gasteiger partial charge in [-0.2, -0.15) is 11.8 Å². The van der Waals surface area contributed by atoms with Gasteiger partial charge in [0.15, 0.2) is 0 Å². The predicted molar refractivity (Wildman–Crippen MR) is 63.9 cm³/mol. The molecule has 1 rings (SSSR count). The minimum absolute atomic E-state index is 0.0602. The monoisotopic (exact) mass is 243 g/mol. The quantitative estimate of drug-likeness (QED) is 0.710. The Morgan fingerprint density at radius 2 is 2.50 bits per heavy atom. The highest BCUT2D eigenvalue weighted by molar-refractivity contribution is 7.98. The molecule has 1 atom stereocenters. The fraction of sp³-hybridized carbons (Fsp3) is 0.667. The lowest BCUT2D eigenvalue weighted by molar-refractivity contribution is -0.122. The highest BCUT2D eigenvalue weighted by Crippen LogP contribution is 1.96. The van der Waals surface area contributed by atoms with E-state index < -0.39 is 0 Å². The van der Waals surface area contributed by atoms with Crippen LogP contribution in [0.25, 0.3) is 0 Å². The van der Waals surface area contributed by atoms with E-state index in [4.69, 9.17) is 5.73 Å². The summed E-state index contributed by atoms with van der Waals surface area (Å²) in [6.45, 7) is 2.50. The zero-order chi connectivity index (χ0) is 12.0. The van der Waals surface area contributed by atoms with Crippen molar-refractivity contribution in [1.82, 2.24) is 20.3 Å². The molecule has 0 spiro atoms. The Bertz CT molecular complexity index is 340. The van der Waals surface area contributed by atoms with Crippen molar-refractivity contribution in [3.8, 4) is 0 Å². The van der Waals surface area contributed by atoms with Crippen LogP contribution in [0.1, 0.15) is 12.6 Å². The van der Waals surface area contributed by atoms with Crippen molar-refractivity contribution < 1.29 is 4.79 Å². The Balaban J connectivity index is 2.39. The molecule has 0 aliphatic carbocycles. The summed E-state index contributed by atoms with van der Waals surface area (Å²) in [7, 11) is 0. The lowest BCUT2D eigenvalue weighted by Crippen LogP contribution is -2.36. The number of carbonyl (C=O) groups is 1. The largest absolute Gasteiger partial charge is 0.351 e. The summed E-state index contributed by atoms with van der Waals surface area (Å²) >= 11 is 1.70. The number of nitrogens with one attached hydrogen (secondary N) is 1. The summed E-state index contributed by atoms with van der Waals surface area (Å²) in [5.74, 6) is 0.840. The fourth-order valence-corrected chi connectivity index (χ4v) is 1.85. The molecule has 1 unspecified atom stereocenters. The molecule has 3 N–H and O–H groups in total. The van der Waals surface area contributed by atoms with Crippen molar-refractivity contribution in [2.75, 3.05) is 12.0 Å². The molecule has 90 valence electrons. The van der Waals surface area contributed by atoms with Crippen molar-refractivity contribution in [3.63, 3.8) is 0 Å². The molecule has 7 heteroatoms. The molecule has 0 aliphatic heterocycles. The van der Waals surface area contributed by atoms with Gasteiger partial charge in [-0.05, 0) is 13.2 Å². The molecule has 0 fully saturated rings. The van der Waals surface area contributed by atoms with Gasteiger partial charge in [-0.3, -0.25) is 4.79 Å². The number of hydrogen-bond acceptors (Lipinski definition) is 5. The Kier molecular flexibility index (Phi) is 5.27. The SMILES string of the molecule is CSCC(C)NC(=O)Cn1cc(CN)nn1. The molecular formula is C9H17N5OS. The number of hydrogen-bond donors (Lipinski definition) is 2. The van der Waals surface area contributed by atoms with Crippen LogP contribution >= 0.6 is 11.8 Å². The van der Waals surface area contributed by atoms with E-state index in [1.165, 1.54) is 4.68 Å². The molecule has 0 bridgehead atoms. The molecule has 1 aromatic rings. The predicted octanol–water partition coefficient (Wildman–Crippen LogP) is -0.395. The molecule has 1 heterocycles. The number of aromatic nitrogens is 3. The third-order valence-corrected chi connectivity index (χ3v) is 2.76. The topological polar surface area (TPSA) is 85.8 Å². The van der Waals surface area contributed by atoms with Gasteiger partial charge in [0.1, 0.15) is 6.54 Å². The van der Waals surface area contributed by atoms with Crippen molar-refractivity contribution in [1.29, 1.82) is 0 Å². The van der Waals surface area contributed by atoms with Crippen molar-refractivity contribution >= 4 is 17.7 Å². The highest BCUT2D eigenvalue weighted by Gasteiger charge is 2.08. The van der Waals surface area contributed by atoms with Gasteiger partial charge in [0, 0.05) is 18.3 Å². The van der Waals surface area contributed by atoms with E-state index in [1.807, 2.05) is 13.2 Å². The summed E-state index contributed by atoms with van der Waals surface area (Å²) in [5, 5.41) is 10.5. The van der Waals surface area contributed by atoms with Crippen LogP contribution in [0.4, 0.5) is 0 Å². The molecule has 0 saturated carbocycles. The van der Waals surface area contributed by atoms with Crippen LogP contribution in [0, 0.1) is 0 Å². The van der Waals surface area contributed by atoms with Crippen LogP contribution in [0.2, 0.25) is 0 Å². The highest BCUT2D eigenvalue weighted by atomic mass is 32.2. The van der Waals surface area contributed by atoms with Crippen LogP contribution in [-0.2, 0) is 17.9 Å². The third-order valence-electron chi connectivity index (χ3n) is 1.92. The van der Waals surface area contributed by atoms with E-state index in [2.05, 4.69) is 15.6 Å². The van der Waals surface area contributed by atoms with Gasteiger partial charge in [0.05, 0.1) is 11.9 Å². The molecule has 6 nitrogen and oxygen atoms in total. The number of carbonyl (C=O) groups excluding carboxylic acids is 1. The lowest BCUT2D eigenvalue weighted by atomic mass is 10.4. The lowest BCUT2D eigenvalue weighted by Gasteiger charge is -2.11. The normalized spacial score (nSPS) is 12.4. The van der Waals surface area contributed by atoms with E-state index in [0.29, 0.717) is 12.2 Å². The number of nitrogens with zero attached hydrogens (tertiary/aromatic N) is 3. The Hall–Kier alpha value is -1.08. The Labute approximate surface area is 99.0 Å².